The molecule has 0 aliphatic carbocycles. The Bertz CT molecular complexity index is 137. The van der Waals surface area contributed by atoms with Gasteiger partial charge >= 0.3 is 5.97 Å². The minimum absolute atomic E-state index is 0.00427. The smallest absolute Gasteiger partial charge is 0.303 e. The van der Waals surface area contributed by atoms with Crippen LogP contribution < -0.4 is 4.84 Å². The van der Waals surface area contributed by atoms with Gasteiger partial charge in [0, 0.05) is 24.6 Å². The minimum atomic E-state index is -0.901. The molecule has 1 amide bonds. The Kier molecular flexibility index (Phi) is 4.66. The van der Waals surface area contributed by atoms with Crippen molar-refractivity contribution in [3.63, 3.8) is 0 Å². The lowest BCUT2D eigenvalue weighted by atomic mass is 10.2. The van der Waals surface area contributed by atoms with Crippen molar-refractivity contribution in [2.24, 2.45) is 0 Å². The number of carboxylic acids is 1. The van der Waals surface area contributed by atoms with Gasteiger partial charge in [-0.05, 0) is 6.42 Å². The molecule has 0 unspecified atom stereocenters. The molecule has 0 bridgehead atoms. The summed E-state index contributed by atoms with van der Waals surface area (Å²) in [6.45, 7) is 0. The Morgan fingerprint density at radius 1 is 1.40 bits per heavy atom. The van der Waals surface area contributed by atoms with E-state index in [2.05, 4.69) is 0 Å². The number of carbonyl (C=O) groups is 2. The van der Waals surface area contributed by atoms with E-state index in [4.69, 9.17) is 16.9 Å². The first-order valence-corrected chi connectivity index (χ1v) is 3.16. The van der Waals surface area contributed by atoms with Crippen molar-refractivity contribution in [1.29, 1.82) is 0 Å². The second-order valence-electron chi connectivity index (χ2n) is 1.76. The number of halogens is 1. The monoisotopic (exact) mass is 165 g/mol. The van der Waals surface area contributed by atoms with Crippen LogP contribution in [0.4, 0.5) is 0 Å². The Morgan fingerprint density at radius 2 is 2.00 bits per heavy atom. The van der Waals surface area contributed by atoms with E-state index >= 15 is 0 Å². The number of aliphatic carboxylic acids is 1. The van der Waals surface area contributed by atoms with Crippen LogP contribution >= 0.6 is 11.8 Å². The van der Waals surface area contributed by atoms with Crippen LogP contribution in [0, 0.1) is 0 Å². The molecule has 0 aromatic carbocycles. The summed E-state index contributed by atoms with van der Waals surface area (Å²) in [6, 6.07) is 0. The average Bonchev–Trinajstić information content (AvgIpc) is 1.87. The fourth-order valence-electron chi connectivity index (χ4n) is 0.447. The number of carboxylic acid groups (broad SMARTS) is 1. The van der Waals surface area contributed by atoms with E-state index in [1.54, 1.807) is 0 Å². The summed E-state index contributed by atoms with van der Waals surface area (Å²) in [5, 5.41) is 8.13. The van der Waals surface area contributed by atoms with Crippen LogP contribution in [-0.2, 0) is 9.59 Å². The first-order chi connectivity index (χ1) is 4.66. The molecule has 0 saturated carbocycles. The molecule has 5 heteroatoms. The fraction of sp³-hybridized carbons (Fsp3) is 0.600. The van der Waals surface area contributed by atoms with E-state index < -0.39 is 5.97 Å². The summed E-state index contributed by atoms with van der Waals surface area (Å²) in [5.41, 5.74) is 0. The lowest BCUT2D eigenvalue weighted by molar-refractivity contribution is -0.137. The number of rotatable bonds is 4. The van der Waals surface area contributed by atoms with Crippen LogP contribution in [0.15, 0.2) is 0 Å². The van der Waals surface area contributed by atoms with E-state index in [1.165, 1.54) is 0 Å². The van der Waals surface area contributed by atoms with E-state index in [0.29, 0.717) is 6.42 Å². The minimum Gasteiger partial charge on any atom is -0.481 e. The van der Waals surface area contributed by atoms with Crippen molar-refractivity contribution in [3.05, 3.63) is 0 Å². The molecule has 0 rings (SSSR count). The number of carbonyl (C=O) groups excluding carboxylic acids is 1. The van der Waals surface area contributed by atoms with Gasteiger partial charge in [0.25, 0.3) is 0 Å². The van der Waals surface area contributed by atoms with Gasteiger partial charge < -0.3 is 5.11 Å². The van der Waals surface area contributed by atoms with E-state index in [1.807, 2.05) is 4.84 Å². The summed E-state index contributed by atoms with van der Waals surface area (Å²) >= 11 is 4.92. The molecule has 4 nitrogen and oxygen atoms in total. The molecule has 0 aromatic heterocycles. The second-order valence-corrected chi connectivity index (χ2v) is 1.95. The van der Waals surface area contributed by atoms with Crippen molar-refractivity contribution in [2.45, 2.75) is 19.3 Å². The maximum atomic E-state index is 10.4. The predicted molar refractivity (Wildman–Crippen MR) is 35.5 cm³/mol. The molecule has 0 aromatic rings. The molecule has 10 heavy (non-hydrogen) atoms. The van der Waals surface area contributed by atoms with Gasteiger partial charge in [-0.1, -0.05) is 0 Å². The normalized spacial score (nSPS) is 8.90. The summed E-state index contributed by atoms with van der Waals surface area (Å²) in [4.78, 5) is 22.1. The van der Waals surface area contributed by atoms with Crippen LogP contribution in [0.3, 0.4) is 0 Å². The van der Waals surface area contributed by atoms with Crippen molar-refractivity contribution >= 4 is 23.7 Å². The second kappa shape index (κ2) is 5.05. The standard InChI is InChI=1S/C5H8ClNO3/c6-7-4(8)2-1-3-5(9)10/h1-3H2,(H,7,8)(H,9,10). The first-order valence-electron chi connectivity index (χ1n) is 2.78. The maximum absolute atomic E-state index is 10.4. The van der Waals surface area contributed by atoms with Crippen molar-refractivity contribution in [2.75, 3.05) is 0 Å². The Labute approximate surface area is 63.3 Å². The highest BCUT2D eigenvalue weighted by molar-refractivity contribution is 6.21. The van der Waals surface area contributed by atoms with Crippen molar-refractivity contribution in [3.8, 4) is 0 Å². The van der Waals surface area contributed by atoms with Crippen molar-refractivity contribution < 1.29 is 14.7 Å². The Hall–Kier alpha value is -0.770. The fourth-order valence-corrected chi connectivity index (χ4v) is 0.542. The zero-order valence-electron chi connectivity index (χ0n) is 5.26. The van der Waals surface area contributed by atoms with Gasteiger partial charge in [-0.2, -0.15) is 0 Å². The molecular formula is C5H8ClNO3. The van der Waals surface area contributed by atoms with Crippen LogP contribution in [0.25, 0.3) is 0 Å². The number of hydrogen-bond acceptors (Lipinski definition) is 2. The van der Waals surface area contributed by atoms with Gasteiger partial charge in [0.05, 0.1) is 0 Å². The SMILES string of the molecule is O=C(O)CCCC(=O)NCl. The zero-order valence-corrected chi connectivity index (χ0v) is 6.02. The lowest BCUT2D eigenvalue weighted by Gasteiger charge is -1.93. The van der Waals surface area contributed by atoms with Crippen LogP contribution in [0.1, 0.15) is 19.3 Å². The van der Waals surface area contributed by atoms with E-state index in [0.717, 1.165) is 0 Å². The molecule has 0 heterocycles. The quantitative estimate of drug-likeness (QED) is 0.597. The Morgan fingerprint density at radius 3 is 2.40 bits per heavy atom. The molecule has 2 N–H and O–H groups in total. The summed E-state index contributed by atoms with van der Waals surface area (Å²) in [5.74, 6) is -1.25. The van der Waals surface area contributed by atoms with Gasteiger partial charge in [0.15, 0.2) is 0 Å². The van der Waals surface area contributed by atoms with Gasteiger partial charge in [-0.3, -0.25) is 14.4 Å². The number of nitrogens with one attached hydrogen (secondary N) is 1. The number of amides is 1. The van der Waals surface area contributed by atoms with Crippen LogP contribution in [0.5, 0.6) is 0 Å². The van der Waals surface area contributed by atoms with Gasteiger partial charge in [-0.25, -0.2) is 0 Å². The molecule has 0 fully saturated rings. The highest BCUT2D eigenvalue weighted by Gasteiger charge is 2.00. The predicted octanol–water partition coefficient (Wildman–Crippen LogP) is 0.511. The summed E-state index contributed by atoms with van der Waals surface area (Å²) in [7, 11) is 0. The van der Waals surface area contributed by atoms with Crippen molar-refractivity contribution in [1.82, 2.24) is 4.84 Å². The maximum Gasteiger partial charge on any atom is 0.303 e. The highest BCUT2D eigenvalue weighted by Crippen LogP contribution is 1.94. The molecule has 58 valence electrons. The topological polar surface area (TPSA) is 66.4 Å². The summed E-state index contributed by atoms with van der Waals surface area (Å²) in [6.07, 6.45) is 0.494. The molecule has 0 spiro atoms. The average molecular weight is 166 g/mol. The van der Waals surface area contributed by atoms with Gasteiger partial charge in [-0.15, -0.1) is 0 Å². The van der Waals surface area contributed by atoms with Crippen LogP contribution in [0.2, 0.25) is 0 Å². The Balaban J connectivity index is 3.20. The largest absolute Gasteiger partial charge is 0.481 e. The molecule has 0 saturated heterocycles. The summed E-state index contributed by atoms with van der Waals surface area (Å²) < 4.78 is 0. The molecule has 0 aliphatic heterocycles. The number of hydrogen-bond donors (Lipinski definition) is 2. The first kappa shape index (κ1) is 9.23. The third kappa shape index (κ3) is 5.37. The molecule has 0 aliphatic rings. The third-order valence-corrected chi connectivity index (χ3v) is 1.11. The van der Waals surface area contributed by atoms with Crippen LogP contribution in [-0.4, -0.2) is 17.0 Å². The van der Waals surface area contributed by atoms with E-state index in [9.17, 15) is 9.59 Å². The lowest BCUT2D eigenvalue weighted by Crippen LogP contribution is -2.11. The van der Waals surface area contributed by atoms with E-state index in [-0.39, 0.29) is 18.7 Å². The van der Waals surface area contributed by atoms with Gasteiger partial charge in [0.2, 0.25) is 5.91 Å². The third-order valence-electron chi connectivity index (χ3n) is 0.900. The molecule has 0 radical (unpaired) electrons. The molecular weight excluding hydrogens is 158 g/mol. The van der Waals surface area contributed by atoms with Gasteiger partial charge in [0.1, 0.15) is 0 Å². The molecule has 0 atom stereocenters. The zero-order chi connectivity index (χ0) is 7.98. The highest BCUT2D eigenvalue weighted by atomic mass is 35.5.